The molecule has 0 spiro atoms. The molecule has 4 nitrogen and oxygen atoms in total. The predicted molar refractivity (Wildman–Crippen MR) is 105 cm³/mol. The number of hydrogen-bond acceptors (Lipinski definition) is 5. The molecule has 1 saturated heterocycles. The Balaban J connectivity index is 1.46. The maximum Gasteiger partial charge on any atom is 0.187 e. The molecule has 0 saturated carbocycles. The van der Waals surface area contributed by atoms with Crippen LogP contribution in [-0.4, -0.2) is 25.2 Å². The van der Waals surface area contributed by atoms with Gasteiger partial charge in [-0.15, -0.1) is 11.3 Å². The predicted octanol–water partition coefficient (Wildman–Crippen LogP) is 5.16. The first-order valence-electron chi connectivity index (χ1n) is 8.54. The van der Waals surface area contributed by atoms with Crippen LogP contribution in [0.25, 0.3) is 11.3 Å². The highest BCUT2D eigenvalue weighted by molar-refractivity contribution is 7.14. The summed E-state index contributed by atoms with van der Waals surface area (Å²) in [6.07, 6.45) is 2.60. The van der Waals surface area contributed by atoms with Crippen molar-refractivity contribution >= 4 is 27.8 Å². The number of anilines is 3. The van der Waals surface area contributed by atoms with E-state index in [0.29, 0.717) is 0 Å². The van der Waals surface area contributed by atoms with Crippen LogP contribution in [0.3, 0.4) is 0 Å². The van der Waals surface area contributed by atoms with Gasteiger partial charge < -0.3 is 15.0 Å². The van der Waals surface area contributed by atoms with E-state index in [0.717, 1.165) is 27.8 Å². The molecule has 1 fully saturated rings. The highest BCUT2D eigenvalue weighted by atomic mass is 32.1. The van der Waals surface area contributed by atoms with Gasteiger partial charge in [0.15, 0.2) is 5.13 Å². The van der Waals surface area contributed by atoms with Gasteiger partial charge in [-0.2, -0.15) is 0 Å². The van der Waals surface area contributed by atoms with Crippen LogP contribution in [-0.2, 0) is 0 Å². The van der Waals surface area contributed by atoms with Crippen LogP contribution in [0.4, 0.5) is 16.5 Å². The van der Waals surface area contributed by atoms with E-state index >= 15 is 0 Å². The number of nitrogens with one attached hydrogen (secondary N) is 1. The Morgan fingerprint density at radius 1 is 1.00 bits per heavy atom. The monoisotopic (exact) mass is 351 g/mol. The zero-order valence-corrected chi connectivity index (χ0v) is 15.1. The molecule has 4 rings (SSSR count). The third kappa shape index (κ3) is 3.61. The van der Waals surface area contributed by atoms with Gasteiger partial charge in [-0.1, -0.05) is 12.1 Å². The van der Waals surface area contributed by atoms with E-state index in [9.17, 15) is 0 Å². The van der Waals surface area contributed by atoms with E-state index < -0.39 is 0 Å². The lowest BCUT2D eigenvalue weighted by Gasteiger charge is -2.17. The Morgan fingerprint density at radius 3 is 2.40 bits per heavy atom. The second-order valence-corrected chi connectivity index (χ2v) is 6.99. The molecule has 5 heteroatoms. The van der Waals surface area contributed by atoms with Crippen molar-refractivity contribution in [1.29, 1.82) is 0 Å². The van der Waals surface area contributed by atoms with E-state index in [1.165, 1.54) is 31.6 Å². The number of thiazole rings is 1. The van der Waals surface area contributed by atoms with Gasteiger partial charge in [-0.05, 0) is 49.2 Å². The fourth-order valence-corrected chi connectivity index (χ4v) is 3.82. The summed E-state index contributed by atoms with van der Waals surface area (Å²) in [5.41, 5.74) is 4.48. The molecule has 0 atom stereocenters. The number of ether oxygens (including phenoxy) is 1. The summed E-state index contributed by atoms with van der Waals surface area (Å²) in [5.74, 6) is 0.850. The Morgan fingerprint density at radius 2 is 1.72 bits per heavy atom. The number of aromatic nitrogens is 1. The van der Waals surface area contributed by atoms with Crippen LogP contribution >= 0.6 is 11.3 Å². The van der Waals surface area contributed by atoms with Gasteiger partial charge in [0.25, 0.3) is 0 Å². The lowest BCUT2D eigenvalue weighted by atomic mass is 10.1. The van der Waals surface area contributed by atoms with Gasteiger partial charge in [0.1, 0.15) is 5.75 Å². The third-order valence-electron chi connectivity index (χ3n) is 4.48. The van der Waals surface area contributed by atoms with Gasteiger partial charge in [0.2, 0.25) is 0 Å². The minimum Gasteiger partial charge on any atom is -0.497 e. The van der Waals surface area contributed by atoms with Crippen molar-refractivity contribution in [2.45, 2.75) is 12.8 Å². The first-order valence-corrected chi connectivity index (χ1v) is 9.42. The van der Waals surface area contributed by atoms with Crippen molar-refractivity contribution in [3.63, 3.8) is 0 Å². The zero-order valence-electron chi connectivity index (χ0n) is 14.2. The van der Waals surface area contributed by atoms with Gasteiger partial charge in [-0.3, -0.25) is 0 Å². The van der Waals surface area contributed by atoms with Crippen molar-refractivity contribution in [3.8, 4) is 17.0 Å². The Kier molecular flexibility index (Phi) is 4.57. The quantitative estimate of drug-likeness (QED) is 0.689. The molecule has 1 aliphatic heterocycles. The van der Waals surface area contributed by atoms with Crippen molar-refractivity contribution < 1.29 is 4.74 Å². The number of nitrogens with zero attached hydrogens (tertiary/aromatic N) is 2. The fourth-order valence-electron chi connectivity index (χ4n) is 3.08. The number of methoxy groups -OCH3 is 1. The molecular weight excluding hydrogens is 330 g/mol. The second-order valence-electron chi connectivity index (χ2n) is 6.13. The molecule has 0 radical (unpaired) electrons. The molecule has 0 amide bonds. The summed E-state index contributed by atoms with van der Waals surface area (Å²) in [4.78, 5) is 7.15. The molecular formula is C20H21N3OS. The molecule has 3 aromatic rings. The normalized spacial score (nSPS) is 13.9. The van der Waals surface area contributed by atoms with E-state index in [4.69, 9.17) is 9.72 Å². The Bertz CT molecular complexity index is 821. The van der Waals surface area contributed by atoms with Crippen LogP contribution in [0.15, 0.2) is 53.9 Å². The summed E-state index contributed by atoms with van der Waals surface area (Å²) < 4.78 is 5.18. The summed E-state index contributed by atoms with van der Waals surface area (Å²) >= 11 is 1.61. The highest BCUT2D eigenvalue weighted by Gasteiger charge is 2.12. The molecule has 25 heavy (non-hydrogen) atoms. The molecule has 1 N–H and O–H groups in total. The standard InChI is InChI=1S/C20H21N3OS/c1-24-18-10-6-16(7-11-18)21-20-22-19(14-25-20)15-4-8-17(9-5-15)23-12-2-3-13-23/h4-11,14H,2-3,12-13H2,1H3,(H,21,22). The molecule has 2 aromatic carbocycles. The molecule has 1 aliphatic rings. The zero-order chi connectivity index (χ0) is 17.1. The summed E-state index contributed by atoms with van der Waals surface area (Å²) in [6.45, 7) is 2.35. The third-order valence-corrected chi connectivity index (χ3v) is 5.24. The van der Waals surface area contributed by atoms with Crippen molar-refractivity contribution in [2.24, 2.45) is 0 Å². The average Bonchev–Trinajstić information content (AvgIpc) is 3.35. The number of benzene rings is 2. The van der Waals surface area contributed by atoms with Gasteiger partial charge in [-0.25, -0.2) is 4.98 Å². The fraction of sp³-hybridized carbons (Fsp3) is 0.250. The van der Waals surface area contributed by atoms with E-state index in [1.54, 1.807) is 18.4 Å². The summed E-state index contributed by atoms with van der Waals surface area (Å²) in [5, 5.41) is 6.33. The topological polar surface area (TPSA) is 37.4 Å². The minimum absolute atomic E-state index is 0.850. The van der Waals surface area contributed by atoms with Gasteiger partial charge >= 0.3 is 0 Å². The van der Waals surface area contributed by atoms with Crippen LogP contribution in [0, 0.1) is 0 Å². The molecule has 0 unspecified atom stereocenters. The van der Waals surface area contributed by atoms with Crippen molar-refractivity contribution in [1.82, 2.24) is 4.98 Å². The van der Waals surface area contributed by atoms with Crippen molar-refractivity contribution in [2.75, 3.05) is 30.4 Å². The molecule has 1 aromatic heterocycles. The number of rotatable bonds is 5. The van der Waals surface area contributed by atoms with Crippen molar-refractivity contribution in [3.05, 3.63) is 53.9 Å². The Hall–Kier alpha value is -2.53. The maximum atomic E-state index is 5.18. The molecule has 0 aliphatic carbocycles. The van der Waals surface area contributed by atoms with E-state index in [1.807, 2.05) is 24.3 Å². The van der Waals surface area contributed by atoms with Gasteiger partial charge in [0.05, 0.1) is 12.8 Å². The van der Waals surface area contributed by atoms with Crippen LogP contribution < -0.4 is 15.0 Å². The number of hydrogen-bond donors (Lipinski definition) is 1. The van der Waals surface area contributed by atoms with Gasteiger partial charge in [0, 0.05) is 35.4 Å². The Labute approximate surface area is 152 Å². The van der Waals surface area contributed by atoms with Crippen LogP contribution in [0.1, 0.15) is 12.8 Å². The van der Waals surface area contributed by atoms with E-state index in [-0.39, 0.29) is 0 Å². The molecule has 0 bridgehead atoms. The highest BCUT2D eigenvalue weighted by Crippen LogP contribution is 2.29. The SMILES string of the molecule is COc1ccc(Nc2nc(-c3ccc(N4CCCC4)cc3)cs2)cc1. The van der Waals surface area contributed by atoms with E-state index in [2.05, 4.69) is 39.9 Å². The first-order chi connectivity index (χ1) is 12.3. The minimum atomic E-state index is 0.850. The second kappa shape index (κ2) is 7.15. The van der Waals surface area contributed by atoms with Crippen LogP contribution in [0.2, 0.25) is 0 Å². The lowest BCUT2D eigenvalue weighted by Crippen LogP contribution is -2.17. The smallest absolute Gasteiger partial charge is 0.187 e. The average molecular weight is 351 g/mol. The first kappa shape index (κ1) is 16.0. The summed E-state index contributed by atoms with van der Waals surface area (Å²) in [7, 11) is 1.67. The van der Waals surface area contributed by atoms with Crippen LogP contribution in [0.5, 0.6) is 5.75 Å². The summed E-state index contributed by atoms with van der Waals surface area (Å²) in [6, 6.07) is 16.6. The lowest BCUT2D eigenvalue weighted by molar-refractivity contribution is 0.415. The largest absolute Gasteiger partial charge is 0.497 e. The molecule has 128 valence electrons. The maximum absolute atomic E-state index is 5.18. The molecule has 2 heterocycles.